The molecular weight excluding hydrogens is 210 g/mol. The summed E-state index contributed by atoms with van der Waals surface area (Å²) in [6, 6.07) is 0. The Kier molecular flexibility index (Phi) is 5.14. The fraction of sp³-hybridized carbons (Fsp3) is 0.727. The zero-order valence-corrected chi connectivity index (χ0v) is 10.5. The van der Waals surface area contributed by atoms with Gasteiger partial charge in [-0.2, -0.15) is 0 Å². The largest absolute Gasteiger partial charge is 0.444 e. The monoisotopic (exact) mass is 229 g/mol. The molecule has 0 aliphatic heterocycles. The Morgan fingerprint density at radius 2 is 1.38 bits per heavy atom. The number of rotatable bonds is 4. The van der Waals surface area contributed by atoms with Crippen LogP contribution in [-0.4, -0.2) is 41.3 Å². The van der Waals surface area contributed by atoms with Crippen molar-refractivity contribution in [2.24, 2.45) is 0 Å². The van der Waals surface area contributed by atoms with Crippen molar-refractivity contribution in [2.75, 3.05) is 13.1 Å². The fourth-order valence-electron chi connectivity index (χ4n) is 1.05. The van der Waals surface area contributed by atoms with Crippen LogP contribution >= 0.6 is 0 Å². The number of ketones is 2. The van der Waals surface area contributed by atoms with Gasteiger partial charge in [-0.25, -0.2) is 4.79 Å². The van der Waals surface area contributed by atoms with Crippen molar-refractivity contribution in [1.82, 2.24) is 4.90 Å². The van der Waals surface area contributed by atoms with Crippen molar-refractivity contribution in [1.29, 1.82) is 0 Å². The Morgan fingerprint density at radius 3 is 1.62 bits per heavy atom. The molecule has 0 spiro atoms. The van der Waals surface area contributed by atoms with Crippen LogP contribution in [0.4, 0.5) is 4.79 Å². The number of nitrogens with zero attached hydrogens (tertiary/aromatic N) is 1. The van der Waals surface area contributed by atoms with Crippen LogP contribution in [-0.2, 0) is 14.3 Å². The molecule has 0 atom stereocenters. The van der Waals surface area contributed by atoms with Crippen molar-refractivity contribution in [2.45, 2.75) is 40.2 Å². The molecule has 0 aromatic rings. The lowest BCUT2D eigenvalue weighted by Crippen LogP contribution is -2.41. The maximum Gasteiger partial charge on any atom is 0.411 e. The topological polar surface area (TPSA) is 63.7 Å². The molecule has 5 nitrogen and oxygen atoms in total. The first-order chi connectivity index (χ1) is 7.11. The lowest BCUT2D eigenvalue weighted by atomic mass is 10.2. The highest BCUT2D eigenvalue weighted by atomic mass is 16.6. The maximum atomic E-state index is 11.6. The molecule has 0 saturated carbocycles. The quantitative estimate of drug-likeness (QED) is 0.731. The second kappa shape index (κ2) is 5.63. The number of ether oxygens (including phenoxy) is 1. The van der Waals surface area contributed by atoms with Crippen LogP contribution in [0.1, 0.15) is 34.6 Å². The number of carbonyl (C=O) groups excluding carboxylic acids is 3. The van der Waals surface area contributed by atoms with Gasteiger partial charge in [-0.1, -0.05) is 0 Å². The first-order valence-electron chi connectivity index (χ1n) is 5.08. The fourth-order valence-corrected chi connectivity index (χ4v) is 1.05. The average Bonchev–Trinajstić information content (AvgIpc) is 1.97. The summed E-state index contributed by atoms with van der Waals surface area (Å²) in [4.78, 5) is 34.6. The minimum absolute atomic E-state index is 0.103. The Hall–Kier alpha value is -1.39. The van der Waals surface area contributed by atoms with E-state index >= 15 is 0 Å². The van der Waals surface area contributed by atoms with Gasteiger partial charge in [0.05, 0.1) is 13.1 Å². The van der Waals surface area contributed by atoms with Crippen LogP contribution in [0.15, 0.2) is 0 Å². The third-order valence-electron chi connectivity index (χ3n) is 1.48. The second-order valence-corrected chi connectivity index (χ2v) is 4.74. The van der Waals surface area contributed by atoms with E-state index in [0.717, 1.165) is 4.90 Å². The van der Waals surface area contributed by atoms with Crippen LogP contribution in [0.5, 0.6) is 0 Å². The van der Waals surface area contributed by atoms with Gasteiger partial charge in [0.25, 0.3) is 0 Å². The molecule has 0 unspecified atom stereocenters. The predicted octanol–water partition coefficient (Wildman–Crippen LogP) is 1.40. The number of carbonyl (C=O) groups is 3. The molecule has 5 heteroatoms. The summed E-state index contributed by atoms with van der Waals surface area (Å²) in [5.74, 6) is -0.376. The van der Waals surface area contributed by atoms with E-state index < -0.39 is 11.7 Å². The van der Waals surface area contributed by atoms with E-state index in [9.17, 15) is 14.4 Å². The van der Waals surface area contributed by atoms with Crippen LogP contribution < -0.4 is 0 Å². The van der Waals surface area contributed by atoms with Crippen molar-refractivity contribution in [3.63, 3.8) is 0 Å². The molecular formula is C11H19NO4. The van der Waals surface area contributed by atoms with Crippen molar-refractivity contribution in [3.05, 3.63) is 0 Å². The van der Waals surface area contributed by atoms with Crippen molar-refractivity contribution < 1.29 is 19.1 Å². The first kappa shape index (κ1) is 14.6. The van der Waals surface area contributed by atoms with E-state index in [0.29, 0.717) is 0 Å². The minimum Gasteiger partial charge on any atom is -0.444 e. The Balaban J connectivity index is 4.56. The van der Waals surface area contributed by atoms with Crippen LogP contribution in [0.3, 0.4) is 0 Å². The molecule has 0 rings (SSSR count). The Morgan fingerprint density at radius 1 is 1.00 bits per heavy atom. The van der Waals surface area contributed by atoms with Crippen LogP contribution in [0.25, 0.3) is 0 Å². The second-order valence-electron chi connectivity index (χ2n) is 4.74. The number of hydrogen-bond acceptors (Lipinski definition) is 4. The first-order valence-corrected chi connectivity index (χ1v) is 5.08. The van der Waals surface area contributed by atoms with Gasteiger partial charge >= 0.3 is 6.09 Å². The van der Waals surface area contributed by atoms with E-state index in [2.05, 4.69) is 0 Å². The summed E-state index contributed by atoms with van der Waals surface area (Å²) in [7, 11) is 0. The van der Waals surface area contributed by atoms with Gasteiger partial charge < -0.3 is 4.74 Å². The van der Waals surface area contributed by atoms with E-state index in [1.54, 1.807) is 20.8 Å². The summed E-state index contributed by atoms with van der Waals surface area (Å²) < 4.78 is 5.08. The Labute approximate surface area is 95.7 Å². The Bertz CT molecular complexity index is 275. The third kappa shape index (κ3) is 6.98. The molecule has 0 heterocycles. The summed E-state index contributed by atoms with van der Waals surface area (Å²) in [6.07, 6.45) is -0.641. The van der Waals surface area contributed by atoms with Gasteiger partial charge in [0, 0.05) is 0 Å². The molecule has 0 aromatic carbocycles. The predicted molar refractivity (Wildman–Crippen MR) is 59.2 cm³/mol. The third-order valence-corrected chi connectivity index (χ3v) is 1.48. The SMILES string of the molecule is CC(=O)CN(CC(C)=O)C(=O)OC(C)(C)C. The highest BCUT2D eigenvalue weighted by Crippen LogP contribution is 2.09. The lowest BCUT2D eigenvalue weighted by molar-refractivity contribution is -0.120. The molecule has 0 aliphatic carbocycles. The summed E-state index contributed by atoms with van der Waals surface area (Å²) in [5, 5.41) is 0. The highest BCUT2D eigenvalue weighted by molar-refractivity contribution is 5.86. The van der Waals surface area contributed by atoms with E-state index in [4.69, 9.17) is 4.74 Å². The van der Waals surface area contributed by atoms with Crippen LogP contribution in [0.2, 0.25) is 0 Å². The molecule has 0 bridgehead atoms. The number of amides is 1. The number of Topliss-reactive ketones (excluding diaryl/α,β-unsaturated/α-hetero) is 2. The average molecular weight is 229 g/mol. The van der Waals surface area contributed by atoms with Crippen molar-refractivity contribution in [3.8, 4) is 0 Å². The van der Waals surface area contributed by atoms with Gasteiger partial charge in [-0.05, 0) is 34.6 Å². The van der Waals surface area contributed by atoms with Gasteiger partial charge in [-0.15, -0.1) is 0 Å². The molecule has 92 valence electrons. The van der Waals surface area contributed by atoms with Crippen LogP contribution in [0, 0.1) is 0 Å². The van der Waals surface area contributed by atoms with Gasteiger partial charge in [0.15, 0.2) is 0 Å². The molecule has 0 N–H and O–H groups in total. The van der Waals surface area contributed by atoms with Gasteiger partial charge in [0.1, 0.15) is 17.2 Å². The standard InChI is InChI=1S/C11H19NO4/c1-8(13)6-12(7-9(2)14)10(15)16-11(3,4)5/h6-7H2,1-5H3. The molecule has 0 radical (unpaired) electrons. The van der Waals surface area contributed by atoms with E-state index in [1.165, 1.54) is 13.8 Å². The zero-order valence-electron chi connectivity index (χ0n) is 10.5. The summed E-state index contributed by atoms with van der Waals surface area (Å²) >= 11 is 0. The summed E-state index contributed by atoms with van der Waals surface area (Å²) in [6.45, 7) is 7.69. The summed E-state index contributed by atoms with van der Waals surface area (Å²) in [5.41, 5.74) is -0.636. The molecule has 0 aliphatic rings. The molecule has 16 heavy (non-hydrogen) atoms. The lowest BCUT2D eigenvalue weighted by Gasteiger charge is -2.26. The molecule has 1 amide bonds. The minimum atomic E-state index is -0.641. The molecule has 0 saturated heterocycles. The normalized spacial score (nSPS) is 10.8. The molecule has 0 aromatic heterocycles. The van der Waals surface area contributed by atoms with E-state index in [1.807, 2.05) is 0 Å². The molecule has 0 fully saturated rings. The van der Waals surface area contributed by atoms with Crippen molar-refractivity contribution >= 4 is 17.7 Å². The van der Waals surface area contributed by atoms with Gasteiger partial charge in [0.2, 0.25) is 0 Å². The van der Waals surface area contributed by atoms with Gasteiger partial charge in [-0.3, -0.25) is 14.5 Å². The maximum absolute atomic E-state index is 11.6. The highest BCUT2D eigenvalue weighted by Gasteiger charge is 2.23. The number of hydrogen-bond donors (Lipinski definition) is 0. The smallest absolute Gasteiger partial charge is 0.411 e. The van der Waals surface area contributed by atoms with E-state index in [-0.39, 0.29) is 24.7 Å². The zero-order chi connectivity index (χ0) is 12.9.